The van der Waals surface area contributed by atoms with Crippen molar-refractivity contribution in [2.75, 3.05) is 13.1 Å². The zero-order valence-corrected chi connectivity index (χ0v) is 13.0. The summed E-state index contributed by atoms with van der Waals surface area (Å²) in [6.07, 6.45) is 2.32. The molecule has 5 heteroatoms. The first kappa shape index (κ1) is 17.8. The van der Waals surface area contributed by atoms with E-state index in [2.05, 4.69) is 16.9 Å². The first-order valence-electron chi connectivity index (χ1n) is 7.03. The molecule has 0 saturated carbocycles. The van der Waals surface area contributed by atoms with Crippen LogP contribution < -0.4 is 5.32 Å². The van der Waals surface area contributed by atoms with Crippen LogP contribution >= 0.6 is 11.6 Å². The minimum atomic E-state index is -0.707. The van der Waals surface area contributed by atoms with Crippen LogP contribution in [0.2, 0.25) is 0 Å². The molecule has 1 aromatic rings. The van der Waals surface area contributed by atoms with Crippen molar-refractivity contribution < 1.29 is 8.78 Å². The second-order valence-electron chi connectivity index (χ2n) is 4.91. The van der Waals surface area contributed by atoms with E-state index in [0.717, 1.165) is 31.5 Å². The Bertz CT molecular complexity index is 489. The van der Waals surface area contributed by atoms with Crippen molar-refractivity contribution in [3.05, 3.63) is 48.1 Å². The normalized spacial score (nSPS) is 13.2. The van der Waals surface area contributed by atoms with Crippen LogP contribution in [0.25, 0.3) is 0 Å². The molecule has 21 heavy (non-hydrogen) atoms. The Labute approximate surface area is 129 Å². The molecule has 0 aromatic heterocycles. The van der Waals surface area contributed by atoms with Crippen LogP contribution in [0.15, 0.2) is 41.7 Å². The summed E-state index contributed by atoms with van der Waals surface area (Å²) in [6.45, 7) is 6.51. The maximum Gasteiger partial charge on any atom is 0.159 e. The van der Waals surface area contributed by atoms with Gasteiger partial charge in [0.25, 0.3) is 0 Å². The highest BCUT2D eigenvalue weighted by molar-refractivity contribution is 6.69. The molecule has 116 valence electrons. The second-order valence-corrected chi connectivity index (χ2v) is 5.27. The Morgan fingerprint density at radius 1 is 1.38 bits per heavy atom. The lowest BCUT2D eigenvalue weighted by Gasteiger charge is -2.08. The highest BCUT2D eigenvalue weighted by atomic mass is 35.5. The molecule has 1 rings (SSSR count). The van der Waals surface area contributed by atoms with Crippen molar-refractivity contribution in [2.45, 2.75) is 32.2 Å². The fraction of sp³-hybridized carbons (Fsp3) is 0.438. The number of aliphatic imine (C=N–C) groups is 1. The molecule has 1 unspecified atom stereocenters. The minimum absolute atomic E-state index is 0.0657. The highest BCUT2D eigenvalue weighted by Crippen LogP contribution is 2.08. The Hall–Kier alpha value is -1.26. The van der Waals surface area contributed by atoms with Gasteiger partial charge in [-0.25, -0.2) is 8.78 Å². The molecule has 0 saturated heterocycles. The zero-order valence-electron chi connectivity index (χ0n) is 12.2. The summed E-state index contributed by atoms with van der Waals surface area (Å²) in [4.78, 5) is 3.97. The van der Waals surface area contributed by atoms with Crippen LogP contribution in [0.4, 0.5) is 8.78 Å². The summed E-state index contributed by atoms with van der Waals surface area (Å²) in [5, 5.41) is 3.09. The van der Waals surface area contributed by atoms with Gasteiger partial charge in [0, 0.05) is 0 Å². The zero-order chi connectivity index (χ0) is 15.7. The maximum atomic E-state index is 13.4. The lowest BCUT2D eigenvalue weighted by molar-refractivity contribution is 0.567. The van der Waals surface area contributed by atoms with E-state index in [1.165, 1.54) is 6.07 Å². The molecular formula is C16H21ClF2N2. The van der Waals surface area contributed by atoms with E-state index in [9.17, 15) is 8.78 Å². The Kier molecular flexibility index (Phi) is 8.16. The molecule has 0 fully saturated rings. The van der Waals surface area contributed by atoms with Gasteiger partial charge in [0.1, 0.15) is 5.82 Å². The molecule has 2 nitrogen and oxygen atoms in total. The summed E-state index contributed by atoms with van der Waals surface area (Å²) in [5.41, 5.74) is 0.741. The number of allylic oxidation sites excluding steroid dienone is 1. The molecule has 0 aliphatic rings. The van der Waals surface area contributed by atoms with Gasteiger partial charge in [-0.3, -0.25) is 4.99 Å². The van der Waals surface area contributed by atoms with Crippen molar-refractivity contribution in [1.29, 1.82) is 0 Å². The van der Waals surface area contributed by atoms with Gasteiger partial charge in [0.15, 0.2) is 11.0 Å². The summed E-state index contributed by atoms with van der Waals surface area (Å²) in [6, 6.07) is 6.75. The van der Waals surface area contributed by atoms with Crippen LogP contribution in [0, 0.1) is 5.82 Å². The largest absolute Gasteiger partial charge is 0.317 e. The number of benzene rings is 1. The number of rotatable bonds is 9. The molecule has 0 spiro atoms. The smallest absolute Gasteiger partial charge is 0.159 e. The van der Waals surface area contributed by atoms with Crippen LogP contribution in [0.3, 0.4) is 0 Å². The molecule has 1 atom stereocenters. The van der Waals surface area contributed by atoms with Gasteiger partial charge in [0.2, 0.25) is 0 Å². The molecule has 0 aliphatic carbocycles. The maximum absolute atomic E-state index is 13.4. The van der Waals surface area contributed by atoms with Crippen LogP contribution in [-0.2, 0) is 6.42 Å². The third kappa shape index (κ3) is 7.34. The number of hydrogen-bond acceptors (Lipinski definition) is 2. The topological polar surface area (TPSA) is 24.4 Å². The molecule has 0 aliphatic heterocycles. The molecule has 0 amide bonds. The number of hydrogen-bond donors (Lipinski definition) is 1. The van der Waals surface area contributed by atoms with Crippen molar-refractivity contribution >= 4 is 16.8 Å². The van der Waals surface area contributed by atoms with E-state index in [1.807, 2.05) is 13.0 Å². The number of nitrogens with zero attached hydrogens (tertiary/aromatic N) is 1. The van der Waals surface area contributed by atoms with Crippen LogP contribution in [0.1, 0.15) is 25.3 Å². The summed E-state index contributed by atoms with van der Waals surface area (Å²) < 4.78 is 26.0. The first-order valence-corrected chi connectivity index (χ1v) is 7.40. The monoisotopic (exact) mass is 314 g/mol. The quantitative estimate of drug-likeness (QED) is 0.535. The number of aryl methyl sites for hydroxylation is 1. The summed E-state index contributed by atoms with van der Waals surface area (Å²) in [5.74, 6) is -0.858. The lowest BCUT2D eigenvalue weighted by Crippen LogP contribution is -2.20. The molecule has 0 radical (unpaired) electrons. The van der Waals surface area contributed by atoms with Gasteiger partial charge in [0.05, 0.1) is 6.04 Å². The van der Waals surface area contributed by atoms with Crippen molar-refractivity contribution in [3.63, 3.8) is 0 Å². The Morgan fingerprint density at radius 3 is 2.76 bits per heavy atom. The Morgan fingerprint density at radius 2 is 2.10 bits per heavy atom. The van der Waals surface area contributed by atoms with E-state index in [1.54, 1.807) is 12.1 Å². The van der Waals surface area contributed by atoms with Gasteiger partial charge >= 0.3 is 0 Å². The fourth-order valence-corrected chi connectivity index (χ4v) is 2.04. The first-order chi connectivity index (χ1) is 10.0. The molecule has 0 bridgehead atoms. The van der Waals surface area contributed by atoms with E-state index in [4.69, 9.17) is 11.6 Å². The van der Waals surface area contributed by atoms with Crippen LogP contribution in [0.5, 0.6) is 0 Å². The van der Waals surface area contributed by atoms with Gasteiger partial charge in [-0.05, 0) is 50.9 Å². The third-order valence-electron chi connectivity index (χ3n) is 3.05. The summed E-state index contributed by atoms with van der Waals surface area (Å²) >= 11 is 5.58. The van der Waals surface area contributed by atoms with Crippen molar-refractivity contribution in [3.8, 4) is 0 Å². The fourth-order valence-electron chi connectivity index (χ4n) is 1.87. The third-order valence-corrected chi connectivity index (χ3v) is 3.36. The van der Waals surface area contributed by atoms with E-state index < -0.39 is 5.83 Å². The summed E-state index contributed by atoms with van der Waals surface area (Å²) in [7, 11) is 0. The van der Waals surface area contributed by atoms with Crippen molar-refractivity contribution in [2.24, 2.45) is 4.99 Å². The molecule has 0 heterocycles. The van der Waals surface area contributed by atoms with Crippen LogP contribution in [-0.4, -0.2) is 24.3 Å². The van der Waals surface area contributed by atoms with Gasteiger partial charge < -0.3 is 5.32 Å². The van der Waals surface area contributed by atoms with E-state index in [-0.39, 0.29) is 17.0 Å². The van der Waals surface area contributed by atoms with E-state index in [0.29, 0.717) is 6.42 Å². The molecular weight excluding hydrogens is 294 g/mol. The number of nitrogens with one attached hydrogen (secondary N) is 1. The SMILES string of the molecule is C=C(F)C(Cl)=NC(C)CCNCCCc1ccccc1F. The number of halogens is 3. The molecule has 1 N–H and O–H groups in total. The average Bonchev–Trinajstić information content (AvgIpc) is 2.44. The predicted octanol–water partition coefficient (Wildman–Crippen LogP) is 4.25. The van der Waals surface area contributed by atoms with Crippen molar-refractivity contribution in [1.82, 2.24) is 5.32 Å². The predicted molar refractivity (Wildman–Crippen MR) is 85.2 cm³/mol. The second kappa shape index (κ2) is 9.64. The Balaban J connectivity index is 2.14. The van der Waals surface area contributed by atoms with Gasteiger partial charge in [-0.1, -0.05) is 36.4 Å². The lowest BCUT2D eigenvalue weighted by atomic mass is 10.1. The minimum Gasteiger partial charge on any atom is -0.317 e. The average molecular weight is 315 g/mol. The molecule has 1 aromatic carbocycles. The van der Waals surface area contributed by atoms with Gasteiger partial charge in [-0.2, -0.15) is 0 Å². The van der Waals surface area contributed by atoms with E-state index >= 15 is 0 Å². The standard InChI is InChI=1S/C16H21ClF2N2/c1-12(21-16(17)13(2)18)9-11-20-10-5-7-14-6-3-4-8-15(14)19/h3-4,6,8,12,20H,2,5,7,9-11H2,1H3. The van der Waals surface area contributed by atoms with Gasteiger partial charge in [-0.15, -0.1) is 0 Å². The highest BCUT2D eigenvalue weighted by Gasteiger charge is 2.04.